The van der Waals surface area contributed by atoms with Crippen LogP contribution in [0, 0.1) is 0 Å². The first-order valence-electron chi connectivity index (χ1n) is 4.79. The predicted molar refractivity (Wildman–Crippen MR) is 65.1 cm³/mol. The lowest BCUT2D eigenvalue weighted by atomic mass is 10.3. The third-order valence-corrected chi connectivity index (χ3v) is 1.64. The molecule has 1 aromatic rings. The zero-order chi connectivity index (χ0) is 11.5. The summed E-state index contributed by atoms with van der Waals surface area (Å²) in [5.74, 6) is 2.01. The summed E-state index contributed by atoms with van der Waals surface area (Å²) in [6.45, 7) is 9.09. The maximum absolute atomic E-state index is 5.52. The van der Waals surface area contributed by atoms with Gasteiger partial charge in [-0.1, -0.05) is 12.1 Å². The topological polar surface area (TPSA) is 18.5 Å². The van der Waals surface area contributed by atoms with Crippen molar-refractivity contribution in [2.24, 2.45) is 0 Å². The van der Waals surface area contributed by atoms with Crippen LogP contribution < -0.4 is 9.47 Å². The van der Waals surface area contributed by atoms with Crippen LogP contribution in [0.25, 0.3) is 0 Å². The molecule has 0 unspecified atom stereocenters. The van der Waals surface area contributed by atoms with E-state index < -0.39 is 0 Å². The van der Waals surface area contributed by atoms with Crippen LogP contribution in [0.3, 0.4) is 0 Å². The van der Waals surface area contributed by atoms with Crippen LogP contribution in [0.15, 0.2) is 37.4 Å². The highest BCUT2D eigenvalue weighted by Crippen LogP contribution is 2.26. The quantitative estimate of drug-likeness (QED) is 0.567. The molecule has 0 spiro atoms. The van der Waals surface area contributed by atoms with Crippen LogP contribution >= 0.6 is 11.6 Å². The van der Waals surface area contributed by atoms with Gasteiger partial charge in [0, 0.05) is 0 Å². The lowest BCUT2D eigenvalue weighted by Gasteiger charge is -2.09. The second-order valence-electron chi connectivity index (χ2n) is 2.42. The minimum atomic E-state index is 0.487. The Labute approximate surface area is 96.5 Å². The van der Waals surface area contributed by atoms with Gasteiger partial charge in [0.15, 0.2) is 11.5 Å². The molecule has 0 aromatic heterocycles. The second-order valence-corrected chi connectivity index (χ2v) is 2.80. The van der Waals surface area contributed by atoms with Gasteiger partial charge in [-0.05, 0) is 19.1 Å². The lowest BCUT2D eigenvalue weighted by molar-refractivity contribution is 0.289. The number of rotatable bonds is 5. The predicted octanol–water partition coefficient (Wildman–Crippen LogP) is 3.51. The van der Waals surface area contributed by atoms with Gasteiger partial charge in [-0.2, -0.15) is 0 Å². The summed E-state index contributed by atoms with van der Waals surface area (Å²) in [5, 5.41) is 0. The van der Waals surface area contributed by atoms with Gasteiger partial charge in [-0.25, -0.2) is 0 Å². The summed E-state index contributed by atoms with van der Waals surface area (Å²) in [7, 11) is 0. The molecular weight excluding hydrogens is 212 g/mol. The molecule has 0 N–H and O–H groups in total. The van der Waals surface area contributed by atoms with Crippen LogP contribution in [-0.4, -0.2) is 19.1 Å². The lowest BCUT2D eigenvalue weighted by Crippen LogP contribution is -2.01. The zero-order valence-corrected chi connectivity index (χ0v) is 9.80. The molecule has 1 aromatic carbocycles. The van der Waals surface area contributed by atoms with Gasteiger partial charge < -0.3 is 9.47 Å². The largest absolute Gasteiger partial charge is 0.490 e. The highest BCUT2D eigenvalue weighted by atomic mass is 35.5. The molecule has 15 heavy (non-hydrogen) atoms. The maximum atomic E-state index is 5.52. The van der Waals surface area contributed by atoms with Crippen molar-refractivity contribution in [3.05, 3.63) is 37.4 Å². The van der Waals surface area contributed by atoms with Crippen LogP contribution in [0.5, 0.6) is 11.5 Å². The molecule has 2 nitrogen and oxygen atoms in total. The summed E-state index contributed by atoms with van der Waals surface area (Å²) in [6.07, 6.45) is 0. The molecule has 0 radical (unpaired) electrons. The fourth-order valence-electron chi connectivity index (χ4n) is 0.993. The molecule has 0 atom stereocenters. The summed E-state index contributed by atoms with van der Waals surface area (Å²) in [5.41, 5.74) is 0. The zero-order valence-electron chi connectivity index (χ0n) is 9.04. The molecule has 0 fully saturated rings. The summed E-state index contributed by atoms with van der Waals surface area (Å²) in [6, 6.07) is 7.58. The Morgan fingerprint density at radius 2 is 1.67 bits per heavy atom. The van der Waals surface area contributed by atoms with Crippen molar-refractivity contribution in [1.82, 2.24) is 0 Å². The monoisotopic (exact) mass is 228 g/mol. The van der Waals surface area contributed by atoms with Crippen molar-refractivity contribution < 1.29 is 9.47 Å². The van der Waals surface area contributed by atoms with Crippen LogP contribution in [0.4, 0.5) is 0 Å². The third-order valence-electron chi connectivity index (χ3n) is 1.48. The van der Waals surface area contributed by atoms with Crippen LogP contribution in [0.2, 0.25) is 0 Å². The third kappa shape index (κ3) is 5.33. The summed E-state index contributed by atoms with van der Waals surface area (Å²) >= 11 is 5.52. The fourth-order valence-corrected chi connectivity index (χ4v) is 1.07. The number of hydrogen-bond acceptors (Lipinski definition) is 2. The van der Waals surface area contributed by atoms with Gasteiger partial charge in [0.05, 0.1) is 12.5 Å². The average molecular weight is 229 g/mol. The number of ether oxygens (including phenoxy) is 2. The van der Waals surface area contributed by atoms with E-state index in [1.54, 1.807) is 0 Å². The maximum Gasteiger partial charge on any atom is 0.161 e. The van der Waals surface area contributed by atoms with Crippen molar-refractivity contribution in [1.29, 1.82) is 0 Å². The van der Waals surface area contributed by atoms with Crippen molar-refractivity contribution in [3.63, 3.8) is 0 Å². The Morgan fingerprint density at radius 3 is 2.13 bits per heavy atom. The Hall–Kier alpha value is -1.15. The smallest absolute Gasteiger partial charge is 0.161 e. The Morgan fingerprint density at radius 1 is 1.13 bits per heavy atom. The first-order chi connectivity index (χ1) is 7.38. The fraction of sp³-hybridized carbons (Fsp3) is 0.333. The first-order valence-corrected chi connectivity index (χ1v) is 5.32. The molecule has 0 amide bonds. The summed E-state index contributed by atoms with van der Waals surface area (Å²) < 4.78 is 10.7. The van der Waals surface area contributed by atoms with E-state index in [-0.39, 0.29) is 0 Å². The molecule has 0 bridgehead atoms. The van der Waals surface area contributed by atoms with E-state index in [4.69, 9.17) is 21.1 Å². The Balaban J connectivity index is 0.000000921. The van der Waals surface area contributed by atoms with E-state index in [1.807, 2.05) is 31.2 Å². The molecule has 0 aliphatic carbocycles. The standard InChI is InChI=1S/C10H13ClO2.C2H4/c1-2-12-9-5-3-4-6-10(9)13-8-7-11;1-2/h3-6H,2,7-8H2,1H3;1-2H2. The summed E-state index contributed by atoms with van der Waals surface area (Å²) in [4.78, 5) is 0. The van der Waals surface area contributed by atoms with E-state index >= 15 is 0 Å². The molecule has 0 aliphatic rings. The van der Waals surface area contributed by atoms with Gasteiger partial charge in [0.2, 0.25) is 0 Å². The van der Waals surface area contributed by atoms with Gasteiger partial charge in [0.1, 0.15) is 6.61 Å². The molecule has 0 aliphatic heterocycles. The molecule has 84 valence electrons. The van der Waals surface area contributed by atoms with Crippen molar-refractivity contribution >= 4 is 11.6 Å². The van der Waals surface area contributed by atoms with Gasteiger partial charge in [0.25, 0.3) is 0 Å². The normalized spacial score (nSPS) is 8.67. The molecule has 0 saturated heterocycles. The van der Waals surface area contributed by atoms with Gasteiger partial charge in [-0.3, -0.25) is 0 Å². The number of para-hydroxylation sites is 2. The average Bonchev–Trinajstić information content (AvgIpc) is 2.31. The van der Waals surface area contributed by atoms with Gasteiger partial charge >= 0.3 is 0 Å². The molecule has 0 heterocycles. The number of alkyl halides is 1. The van der Waals surface area contributed by atoms with E-state index in [1.165, 1.54) is 0 Å². The SMILES string of the molecule is C=C.CCOc1ccccc1OCCCl. The van der Waals surface area contributed by atoms with E-state index in [9.17, 15) is 0 Å². The Kier molecular flexibility index (Phi) is 8.69. The van der Waals surface area contributed by atoms with E-state index in [2.05, 4.69) is 13.2 Å². The minimum absolute atomic E-state index is 0.487. The number of benzene rings is 1. The molecular formula is C12H17ClO2. The van der Waals surface area contributed by atoms with Crippen LogP contribution in [0.1, 0.15) is 6.92 Å². The van der Waals surface area contributed by atoms with Crippen molar-refractivity contribution in [2.45, 2.75) is 6.92 Å². The molecule has 3 heteroatoms. The second kappa shape index (κ2) is 9.41. The highest BCUT2D eigenvalue weighted by molar-refractivity contribution is 6.18. The van der Waals surface area contributed by atoms with E-state index in [0.717, 1.165) is 11.5 Å². The number of hydrogen-bond donors (Lipinski definition) is 0. The number of halogens is 1. The van der Waals surface area contributed by atoms with Crippen molar-refractivity contribution in [2.75, 3.05) is 19.1 Å². The van der Waals surface area contributed by atoms with Crippen molar-refractivity contribution in [3.8, 4) is 11.5 Å². The first kappa shape index (κ1) is 13.8. The van der Waals surface area contributed by atoms with E-state index in [0.29, 0.717) is 19.1 Å². The molecule has 0 saturated carbocycles. The van der Waals surface area contributed by atoms with Gasteiger partial charge in [-0.15, -0.1) is 24.8 Å². The minimum Gasteiger partial charge on any atom is -0.490 e. The highest BCUT2D eigenvalue weighted by Gasteiger charge is 2.01. The van der Waals surface area contributed by atoms with Crippen LogP contribution in [-0.2, 0) is 0 Å². The Bertz CT molecular complexity index is 264. The molecule has 1 rings (SSSR count).